The van der Waals surface area contributed by atoms with Gasteiger partial charge in [-0.25, -0.2) is 0 Å². The first-order valence-electron chi connectivity index (χ1n) is 6.29. The predicted octanol–water partition coefficient (Wildman–Crippen LogP) is 2.11. The van der Waals surface area contributed by atoms with E-state index in [4.69, 9.17) is 0 Å². The van der Waals surface area contributed by atoms with Crippen LogP contribution in [-0.2, 0) is 0 Å². The van der Waals surface area contributed by atoms with Gasteiger partial charge < -0.3 is 10.2 Å². The largest absolute Gasteiger partial charge is 0.317 e. The van der Waals surface area contributed by atoms with Crippen molar-refractivity contribution in [2.45, 2.75) is 39.5 Å². The van der Waals surface area contributed by atoms with Crippen molar-refractivity contribution >= 4 is 0 Å². The van der Waals surface area contributed by atoms with Gasteiger partial charge >= 0.3 is 0 Å². The SMILES string of the molecule is CCNCCCCN(CC)CC1CC1. The highest BCUT2D eigenvalue weighted by molar-refractivity contribution is 4.76. The summed E-state index contributed by atoms with van der Waals surface area (Å²) in [6.07, 6.45) is 5.64. The fourth-order valence-electron chi connectivity index (χ4n) is 1.81. The molecule has 0 saturated heterocycles. The van der Waals surface area contributed by atoms with E-state index in [1.165, 1.54) is 51.9 Å². The van der Waals surface area contributed by atoms with Gasteiger partial charge in [0.2, 0.25) is 0 Å². The zero-order valence-corrected chi connectivity index (χ0v) is 9.89. The summed E-state index contributed by atoms with van der Waals surface area (Å²) < 4.78 is 0. The van der Waals surface area contributed by atoms with Gasteiger partial charge in [-0.15, -0.1) is 0 Å². The van der Waals surface area contributed by atoms with E-state index in [0.29, 0.717) is 0 Å². The third kappa shape index (κ3) is 5.61. The second-order valence-electron chi connectivity index (χ2n) is 4.40. The number of nitrogens with zero attached hydrogens (tertiary/aromatic N) is 1. The van der Waals surface area contributed by atoms with Crippen LogP contribution in [0.25, 0.3) is 0 Å². The number of hydrogen-bond acceptors (Lipinski definition) is 2. The molecule has 0 atom stereocenters. The molecule has 1 fully saturated rings. The third-order valence-electron chi connectivity index (χ3n) is 2.99. The summed E-state index contributed by atoms with van der Waals surface area (Å²) in [5.74, 6) is 1.05. The Labute approximate surface area is 89.1 Å². The molecule has 0 unspecified atom stereocenters. The molecule has 0 aromatic rings. The maximum atomic E-state index is 3.37. The average Bonchev–Trinajstić information content (AvgIpc) is 2.99. The van der Waals surface area contributed by atoms with Gasteiger partial charge in [-0.2, -0.15) is 0 Å². The van der Waals surface area contributed by atoms with Crippen LogP contribution < -0.4 is 5.32 Å². The van der Waals surface area contributed by atoms with Crippen molar-refractivity contribution in [3.05, 3.63) is 0 Å². The van der Waals surface area contributed by atoms with Gasteiger partial charge in [0.1, 0.15) is 0 Å². The molecule has 0 heterocycles. The fraction of sp³-hybridized carbons (Fsp3) is 1.00. The smallest absolute Gasteiger partial charge is 0.000954 e. The molecule has 0 aliphatic heterocycles. The summed E-state index contributed by atoms with van der Waals surface area (Å²) in [6.45, 7) is 10.7. The van der Waals surface area contributed by atoms with Gasteiger partial charge in [0.05, 0.1) is 0 Å². The van der Waals surface area contributed by atoms with Gasteiger partial charge in [0.25, 0.3) is 0 Å². The van der Waals surface area contributed by atoms with Crippen molar-refractivity contribution in [1.29, 1.82) is 0 Å². The molecular weight excluding hydrogens is 172 g/mol. The normalized spacial score (nSPS) is 16.5. The molecule has 1 aliphatic carbocycles. The molecule has 0 bridgehead atoms. The van der Waals surface area contributed by atoms with Gasteiger partial charge in [0, 0.05) is 6.54 Å². The fourth-order valence-corrected chi connectivity index (χ4v) is 1.81. The maximum absolute atomic E-state index is 3.37. The summed E-state index contributed by atoms with van der Waals surface area (Å²) in [7, 11) is 0. The summed E-state index contributed by atoms with van der Waals surface area (Å²) in [6, 6.07) is 0. The number of hydrogen-bond donors (Lipinski definition) is 1. The predicted molar refractivity (Wildman–Crippen MR) is 62.6 cm³/mol. The van der Waals surface area contributed by atoms with E-state index in [-0.39, 0.29) is 0 Å². The first kappa shape index (κ1) is 12.0. The average molecular weight is 198 g/mol. The lowest BCUT2D eigenvalue weighted by Crippen LogP contribution is -2.27. The Morgan fingerprint density at radius 3 is 2.57 bits per heavy atom. The van der Waals surface area contributed by atoms with Crippen LogP contribution in [0.4, 0.5) is 0 Å². The van der Waals surface area contributed by atoms with E-state index in [0.717, 1.165) is 12.5 Å². The van der Waals surface area contributed by atoms with Crippen LogP contribution in [0, 0.1) is 5.92 Å². The van der Waals surface area contributed by atoms with Gasteiger partial charge in [-0.1, -0.05) is 13.8 Å². The molecule has 14 heavy (non-hydrogen) atoms. The molecule has 0 spiro atoms. The van der Waals surface area contributed by atoms with Crippen molar-refractivity contribution in [2.24, 2.45) is 5.92 Å². The number of rotatable bonds is 9. The highest BCUT2D eigenvalue weighted by atomic mass is 15.1. The molecule has 0 amide bonds. The molecule has 2 nitrogen and oxygen atoms in total. The van der Waals surface area contributed by atoms with Crippen LogP contribution in [-0.4, -0.2) is 37.6 Å². The lowest BCUT2D eigenvalue weighted by atomic mass is 10.2. The van der Waals surface area contributed by atoms with Crippen LogP contribution in [0.15, 0.2) is 0 Å². The zero-order valence-electron chi connectivity index (χ0n) is 9.89. The lowest BCUT2D eigenvalue weighted by Gasteiger charge is -2.19. The van der Waals surface area contributed by atoms with E-state index in [2.05, 4.69) is 24.1 Å². The molecular formula is C12H26N2. The topological polar surface area (TPSA) is 15.3 Å². The summed E-state index contributed by atoms with van der Waals surface area (Å²) >= 11 is 0. The van der Waals surface area contributed by atoms with Crippen LogP contribution in [0.3, 0.4) is 0 Å². The minimum atomic E-state index is 1.05. The first-order valence-corrected chi connectivity index (χ1v) is 6.29. The minimum Gasteiger partial charge on any atom is -0.317 e. The quantitative estimate of drug-likeness (QED) is 0.571. The highest BCUT2D eigenvalue weighted by Crippen LogP contribution is 2.29. The minimum absolute atomic E-state index is 1.05. The van der Waals surface area contributed by atoms with E-state index >= 15 is 0 Å². The Kier molecular flexibility index (Phi) is 6.20. The second-order valence-corrected chi connectivity index (χ2v) is 4.40. The van der Waals surface area contributed by atoms with E-state index < -0.39 is 0 Å². The Balaban J connectivity index is 1.90. The zero-order chi connectivity index (χ0) is 10.2. The standard InChI is InChI=1S/C12H26N2/c1-3-13-9-5-6-10-14(4-2)11-12-7-8-12/h12-13H,3-11H2,1-2H3. The first-order chi connectivity index (χ1) is 6.86. The molecule has 0 radical (unpaired) electrons. The van der Waals surface area contributed by atoms with E-state index in [9.17, 15) is 0 Å². The Morgan fingerprint density at radius 2 is 2.00 bits per heavy atom. The van der Waals surface area contributed by atoms with Crippen molar-refractivity contribution in [3.8, 4) is 0 Å². The molecule has 2 heteroatoms. The Morgan fingerprint density at radius 1 is 1.21 bits per heavy atom. The summed E-state index contributed by atoms with van der Waals surface area (Å²) in [5.41, 5.74) is 0. The second kappa shape index (κ2) is 7.24. The maximum Gasteiger partial charge on any atom is 0.000954 e. The van der Waals surface area contributed by atoms with Crippen LogP contribution in [0.2, 0.25) is 0 Å². The summed E-state index contributed by atoms with van der Waals surface area (Å²) in [4.78, 5) is 2.61. The Bertz CT molecular complexity index is 132. The lowest BCUT2D eigenvalue weighted by molar-refractivity contribution is 0.270. The molecule has 1 N–H and O–H groups in total. The summed E-state index contributed by atoms with van der Waals surface area (Å²) in [5, 5.41) is 3.37. The van der Waals surface area contributed by atoms with Gasteiger partial charge in [-0.3, -0.25) is 0 Å². The van der Waals surface area contributed by atoms with Gasteiger partial charge in [0.15, 0.2) is 0 Å². The third-order valence-corrected chi connectivity index (χ3v) is 2.99. The highest BCUT2D eigenvalue weighted by Gasteiger charge is 2.23. The van der Waals surface area contributed by atoms with Crippen molar-refractivity contribution in [2.75, 3.05) is 32.7 Å². The van der Waals surface area contributed by atoms with Gasteiger partial charge in [-0.05, 0) is 57.8 Å². The molecule has 1 saturated carbocycles. The van der Waals surface area contributed by atoms with Crippen LogP contribution in [0.1, 0.15) is 39.5 Å². The molecule has 0 aromatic heterocycles. The molecule has 1 aliphatic rings. The Hall–Kier alpha value is -0.0800. The monoisotopic (exact) mass is 198 g/mol. The van der Waals surface area contributed by atoms with Crippen molar-refractivity contribution in [1.82, 2.24) is 10.2 Å². The van der Waals surface area contributed by atoms with Crippen LogP contribution in [0.5, 0.6) is 0 Å². The number of unbranched alkanes of at least 4 members (excludes halogenated alkanes) is 1. The van der Waals surface area contributed by atoms with Crippen molar-refractivity contribution in [3.63, 3.8) is 0 Å². The van der Waals surface area contributed by atoms with Crippen molar-refractivity contribution < 1.29 is 0 Å². The molecule has 84 valence electrons. The van der Waals surface area contributed by atoms with E-state index in [1.54, 1.807) is 0 Å². The number of nitrogens with one attached hydrogen (secondary N) is 1. The van der Waals surface area contributed by atoms with E-state index in [1.807, 2.05) is 0 Å². The molecule has 0 aromatic carbocycles. The van der Waals surface area contributed by atoms with Crippen LogP contribution >= 0.6 is 0 Å². The molecule has 1 rings (SSSR count).